The zero-order valence-electron chi connectivity index (χ0n) is 15.4. The lowest BCUT2D eigenvalue weighted by Gasteiger charge is -2.47. The number of benzene rings is 1. The van der Waals surface area contributed by atoms with Crippen LogP contribution in [0.5, 0.6) is 0 Å². The summed E-state index contributed by atoms with van der Waals surface area (Å²) in [6.45, 7) is 6.91. The summed E-state index contributed by atoms with van der Waals surface area (Å²) in [5.74, 6) is -0.147. The van der Waals surface area contributed by atoms with Gasteiger partial charge in [0.15, 0.2) is 0 Å². The van der Waals surface area contributed by atoms with E-state index in [0.29, 0.717) is 11.7 Å². The van der Waals surface area contributed by atoms with Gasteiger partial charge in [-0.1, -0.05) is 12.1 Å². The monoisotopic (exact) mass is 363 g/mol. The predicted octanol–water partition coefficient (Wildman–Crippen LogP) is 1.56. The number of piperazine rings is 1. The molecule has 1 aromatic rings. The molecule has 0 unspecified atom stereocenters. The molecule has 0 aliphatic carbocycles. The van der Waals surface area contributed by atoms with Gasteiger partial charge in [-0.05, 0) is 31.4 Å². The van der Waals surface area contributed by atoms with Gasteiger partial charge in [0.1, 0.15) is 5.82 Å². The van der Waals surface area contributed by atoms with Crippen LogP contribution < -0.4 is 4.90 Å². The fourth-order valence-electron chi connectivity index (χ4n) is 4.75. The summed E-state index contributed by atoms with van der Waals surface area (Å²) >= 11 is 0. The van der Waals surface area contributed by atoms with E-state index in [4.69, 9.17) is 4.74 Å². The average Bonchev–Trinajstić information content (AvgIpc) is 2.69. The lowest BCUT2D eigenvalue weighted by atomic mass is 9.96. The van der Waals surface area contributed by atoms with Crippen molar-refractivity contribution in [3.05, 3.63) is 30.1 Å². The normalized spacial score (nSPS) is 29.8. The molecule has 0 aromatic heterocycles. The molecule has 3 fully saturated rings. The quantitative estimate of drug-likeness (QED) is 0.883. The minimum atomic E-state index is -0.299. The molecule has 4 rings (SSSR count). The minimum absolute atomic E-state index is 0.147. The fourth-order valence-corrected chi connectivity index (χ4v) is 4.75. The molecule has 6 heteroatoms. The summed E-state index contributed by atoms with van der Waals surface area (Å²) in [6, 6.07) is 7.80. The minimum Gasteiger partial charge on any atom is -0.390 e. The zero-order valence-corrected chi connectivity index (χ0v) is 15.4. The van der Waals surface area contributed by atoms with E-state index in [-0.39, 0.29) is 18.0 Å². The molecule has 3 aliphatic heterocycles. The molecule has 26 heavy (non-hydrogen) atoms. The number of nitrogens with zero attached hydrogens (tertiary/aromatic N) is 3. The number of hydrogen-bond acceptors (Lipinski definition) is 5. The number of hydrogen-bond donors (Lipinski definition) is 1. The molecule has 3 saturated heterocycles. The second kappa shape index (κ2) is 8.21. The van der Waals surface area contributed by atoms with Crippen LogP contribution in [0.25, 0.3) is 0 Å². The highest BCUT2D eigenvalue weighted by atomic mass is 19.1. The van der Waals surface area contributed by atoms with Gasteiger partial charge in [0.2, 0.25) is 0 Å². The topological polar surface area (TPSA) is 39.2 Å². The first-order valence-electron chi connectivity index (χ1n) is 9.96. The average molecular weight is 363 g/mol. The van der Waals surface area contributed by atoms with Crippen molar-refractivity contribution in [2.45, 2.75) is 37.5 Å². The third-order valence-electron chi connectivity index (χ3n) is 6.26. The Labute approximate surface area is 155 Å². The van der Waals surface area contributed by atoms with E-state index >= 15 is 0 Å². The van der Waals surface area contributed by atoms with Gasteiger partial charge in [-0.2, -0.15) is 0 Å². The van der Waals surface area contributed by atoms with Crippen molar-refractivity contribution in [1.82, 2.24) is 9.80 Å². The molecular formula is C20H30FN3O2. The maximum Gasteiger partial charge on any atom is 0.146 e. The highest BCUT2D eigenvalue weighted by molar-refractivity contribution is 5.48. The maximum absolute atomic E-state index is 14.0. The first-order chi connectivity index (χ1) is 12.7. The molecular weight excluding hydrogens is 333 g/mol. The van der Waals surface area contributed by atoms with Crippen molar-refractivity contribution < 1.29 is 14.2 Å². The molecule has 0 saturated carbocycles. The van der Waals surface area contributed by atoms with Gasteiger partial charge in [0.05, 0.1) is 11.8 Å². The number of rotatable bonds is 3. The molecule has 2 atom stereocenters. The Morgan fingerprint density at radius 2 is 1.65 bits per heavy atom. The van der Waals surface area contributed by atoms with E-state index in [1.807, 2.05) is 12.1 Å². The van der Waals surface area contributed by atoms with Crippen LogP contribution in [0.4, 0.5) is 10.1 Å². The van der Waals surface area contributed by atoms with E-state index in [1.165, 1.54) is 6.07 Å². The van der Waals surface area contributed by atoms with E-state index in [9.17, 15) is 9.50 Å². The Balaban J connectivity index is 1.30. The number of ether oxygens (including phenoxy) is 1. The highest BCUT2D eigenvalue weighted by Gasteiger charge is 2.36. The van der Waals surface area contributed by atoms with Crippen LogP contribution in [0.1, 0.15) is 19.3 Å². The van der Waals surface area contributed by atoms with Gasteiger partial charge in [0.25, 0.3) is 0 Å². The van der Waals surface area contributed by atoms with Crippen LogP contribution >= 0.6 is 0 Å². The molecule has 1 aromatic carbocycles. The summed E-state index contributed by atoms with van der Waals surface area (Å²) < 4.78 is 19.5. The third-order valence-corrected chi connectivity index (χ3v) is 6.26. The van der Waals surface area contributed by atoms with Crippen molar-refractivity contribution in [3.8, 4) is 0 Å². The van der Waals surface area contributed by atoms with Crippen molar-refractivity contribution >= 4 is 5.69 Å². The van der Waals surface area contributed by atoms with Gasteiger partial charge >= 0.3 is 0 Å². The van der Waals surface area contributed by atoms with Gasteiger partial charge in [-0.3, -0.25) is 9.80 Å². The molecule has 144 valence electrons. The van der Waals surface area contributed by atoms with Crippen LogP contribution in [0, 0.1) is 5.82 Å². The molecule has 5 nitrogen and oxygen atoms in total. The van der Waals surface area contributed by atoms with Crippen molar-refractivity contribution in [2.75, 3.05) is 57.4 Å². The molecule has 3 heterocycles. The van der Waals surface area contributed by atoms with E-state index in [0.717, 1.165) is 71.7 Å². The van der Waals surface area contributed by atoms with E-state index < -0.39 is 0 Å². The number of piperidine rings is 1. The van der Waals surface area contributed by atoms with Crippen LogP contribution in [-0.2, 0) is 4.74 Å². The van der Waals surface area contributed by atoms with Crippen LogP contribution in [-0.4, -0.2) is 85.6 Å². The summed E-state index contributed by atoms with van der Waals surface area (Å²) in [7, 11) is 0. The second-order valence-corrected chi connectivity index (χ2v) is 7.74. The molecule has 0 amide bonds. The van der Waals surface area contributed by atoms with Gasteiger partial charge < -0.3 is 14.7 Å². The van der Waals surface area contributed by atoms with Gasteiger partial charge in [-0.15, -0.1) is 0 Å². The molecule has 0 spiro atoms. The third kappa shape index (κ3) is 3.88. The van der Waals surface area contributed by atoms with Crippen molar-refractivity contribution in [2.24, 2.45) is 0 Å². The Morgan fingerprint density at radius 1 is 0.923 bits per heavy atom. The number of β-amino-alcohol motifs (C(OH)–C–C–N with tert-alkyl or cyclic N) is 1. The number of likely N-dealkylation sites (tertiary alicyclic amines) is 1. The Morgan fingerprint density at radius 3 is 2.35 bits per heavy atom. The smallest absolute Gasteiger partial charge is 0.146 e. The van der Waals surface area contributed by atoms with E-state index in [2.05, 4.69) is 14.7 Å². The predicted molar refractivity (Wildman–Crippen MR) is 100 cm³/mol. The number of anilines is 1. The highest BCUT2D eigenvalue weighted by Crippen LogP contribution is 2.25. The van der Waals surface area contributed by atoms with Gasteiger partial charge in [0, 0.05) is 64.6 Å². The lowest BCUT2D eigenvalue weighted by molar-refractivity contribution is -0.0461. The molecule has 3 aliphatic rings. The maximum atomic E-state index is 14.0. The number of aliphatic hydroxyl groups excluding tert-OH is 1. The zero-order chi connectivity index (χ0) is 17.9. The number of aliphatic hydroxyl groups is 1. The number of para-hydroxylation sites is 1. The first kappa shape index (κ1) is 18.2. The number of halogens is 1. The lowest BCUT2D eigenvalue weighted by Crippen LogP contribution is -2.60. The second-order valence-electron chi connectivity index (χ2n) is 7.74. The van der Waals surface area contributed by atoms with Crippen molar-refractivity contribution in [1.29, 1.82) is 0 Å². The summed E-state index contributed by atoms with van der Waals surface area (Å²) in [5, 5.41) is 10.8. The Hall–Kier alpha value is -1.21. The van der Waals surface area contributed by atoms with E-state index in [1.54, 1.807) is 6.07 Å². The Bertz CT molecular complexity index is 588. The Kier molecular flexibility index (Phi) is 5.74. The van der Waals surface area contributed by atoms with Crippen LogP contribution in [0.15, 0.2) is 24.3 Å². The summed E-state index contributed by atoms with van der Waals surface area (Å²) in [5.41, 5.74) is 0.696. The first-order valence-corrected chi connectivity index (χ1v) is 9.96. The standard InChI is InChI=1S/C20H30FN3O2/c21-17-3-1-2-4-18(17)22-9-11-23(12-10-22)19-5-8-24(15-20(19)25)16-6-13-26-14-7-16/h1-4,16,19-20,25H,5-15H2/t19-,20-/m1/s1. The molecule has 1 N–H and O–H groups in total. The fraction of sp³-hybridized carbons (Fsp3) is 0.700. The molecule has 0 radical (unpaired) electrons. The SMILES string of the molecule is O[C@@H]1CN(C2CCOCC2)CC[C@H]1N1CCN(c2ccccc2F)CC1. The molecule has 0 bridgehead atoms. The van der Waals surface area contributed by atoms with Crippen LogP contribution in [0.2, 0.25) is 0 Å². The summed E-state index contributed by atoms with van der Waals surface area (Å²) in [6.07, 6.45) is 2.88. The van der Waals surface area contributed by atoms with Gasteiger partial charge in [-0.25, -0.2) is 4.39 Å². The van der Waals surface area contributed by atoms with Crippen molar-refractivity contribution in [3.63, 3.8) is 0 Å². The summed E-state index contributed by atoms with van der Waals surface area (Å²) in [4.78, 5) is 6.98. The van der Waals surface area contributed by atoms with Crippen LogP contribution in [0.3, 0.4) is 0 Å². The largest absolute Gasteiger partial charge is 0.390 e.